The average Bonchev–Trinajstić information content (AvgIpc) is 2.95. The van der Waals surface area contributed by atoms with Gasteiger partial charge in [-0.25, -0.2) is 0 Å². The van der Waals surface area contributed by atoms with Gasteiger partial charge < -0.3 is 19.3 Å². The van der Waals surface area contributed by atoms with E-state index in [4.69, 9.17) is 30.9 Å². The van der Waals surface area contributed by atoms with Gasteiger partial charge in [-0.15, -0.1) is 0 Å². The highest BCUT2D eigenvalue weighted by Gasteiger charge is 2.13. The van der Waals surface area contributed by atoms with E-state index in [1.165, 1.54) is 0 Å². The van der Waals surface area contributed by atoms with Crippen molar-refractivity contribution in [1.82, 2.24) is 0 Å². The molecule has 0 saturated carbocycles. The predicted octanol–water partition coefficient (Wildman–Crippen LogP) is 7.33. The second kappa shape index (κ2) is 12.2. The molecule has 2 aromatic rings. The Morgan fingerprint density at radius 1 is 1.12 bits per heavy atom. The Balaban J connectivity index is 1.52. The first-order valence-electron chi connectivity index (χ1n) is 11.0. The molecule has 5 nitrogen and oxygen atoms in total. The van der Waals surface area contributed by atoms with E-state index in [0.717, 1.165) is 23.3 Å². The van der Waals surface area contributed by atoms with Gasteiger partial charge in [-0.2, -0.15) is 0 Å². The number of carboxylic acids is 1. The molecule has 2 aromatic carbocycles. The molecule has 0 fully saturated rings. The van der Waals surface area contributed by atoms with Gasteiger partial charge in [0.15, 0.2) is 11.5 Å². The first kappa shape index (κ1) is 24.5. The third-order valence-corrected chi connectivity index (χ3v) is 5.39. The van der Waals surface area contributed by atoms with Crippen molar-refractivity contribution in [2.75, 3.05) is 6.61 Å². The standard InChI is InChI=1S/C27H29ClO5/c1-19-17-24(10-6-7-21(19)11-14-27(29)30)31-16-15-20(2)32-25-13-12-22(28)18-26(25)33-23-8-4-3-5-9-23/h3-5,7-10,12-13,17-18,20H,6,11,14-16H2,1-2H3,(H,29,30). The molecule has 0 amide bonds. The highest BCUT2D eigenvalue weighted by molar-refractivity contribution is 6.30. The summed E-state index contributed by atoms with van der Waals surface area (Å²) in [6, 6.07) is 14.8. The van der Waals surface area contributed by atoms with Crippen molar-refractivity contribution in [2.45, 2.75) is 45.6 Å². The van der Waals surface area contributed by atoms with Crippen LogP contribution in [0.25, 0.3) is 0 Å². The lowest BCUT2D eigenvalue weighted by molar-refractivity contribution is -0.136. The van der Waals surface area contributed by atoms with Crippen molar-refractivity contribution >= 4 is 17.6 Å². The highest BCUT2D eigenvalue weighted by atomic mass is 35.5. The molecule has 1 unspecified atom stereocenters. The van der Waals surface area contributed by atoms with Gasteiger partial charge >= 0.3 is 5.97 Å². The summed E-state index contributed by atoms with van der Waals surface area (Å²) in [6.07, 6.45) is 7.98. The summed E-state index contributed by atoms with van der Waals surface area (Å²) >= 11 is 6.16. The third-order valence-electron chi connectivity index (χ3n) is 5.15. The van der Waals surface area contributed by atoms with Crippen molar-refractivity contribution < 1.29 is 24.1 Å². The zero-order valence-corrected chi connectivity index (χ0v) is 19.7. The lowest BCUT2D eigenvalue weighted by Gasteiger charge is -2.18. The zero-order chi connectivity index (χ0) is 23.6. The van der Waals surface area contributed by atoms with Crippen LogP contribution >= 0.6 is 11.6 Å². The second-order valence-electron chi connectivity index (χ2n) is 7.86. The van der Waals surface area contributed by atoms with Crippen molar-refractivity contribution in [1.29, 1.82) is 0 Å². The van der Waals surface area contributed by atoms with Gasteiger partial charge in [-0.3, -0.25) is 4.79 Å². The maximum atomic E-state index is 10.9. The molecule has 6 heteroatoms. The van der Waals surface area contributed by atoms with Crippen molar-refractivity contribution in [3.8, 4) is 17.2 Å². The molecule has 1 aliphatic carbocycles. The Morgan fingerprint density at radius 2 is 1.91 bits per heavy atom. The van der Waals surface area contributed by atoms with Crippen LogP contribution in [0.4, 0.5) is 0 Å². The van der Waals surface area contributed by atoms with E-state index in [-0.39, 0.29) is 12.5 Å². The molecule has 0 bridgehead atoms. The molecule has 1 aliphatic rings. The van der Waals surface area contributed by atoms with Crippen molar-refractivity contribution in [3.05, 3.63) is 88.7 Å². The van der Waals surface area contributed by atoms with E-state index in [1.807, 2.05) is 62.4 Å². The molecule has 3 rings (SSSR count). The van der Waals surface area contributed by atoms with E-state index < -0.39 is 5.97 Å². The number of ether oxygens (including phenoxy) is 3. The maximum Gasteiger partial charge on any atom is 0.303 e. The number of hydrogen-bond donors (Lipinski definition) is 1. The number of para-hydroxylation sites is 1. The monoisotopic (exact) mass is 468 g/mol. The summed E-state index contributed by atoms with van der Waals surface area (Å²) in [5, 5.41) is 9.49. The van der Waals surface area contributed by atoms with Crippen LogP contribution in [0.5, 0.6) is 17.2 Å². The van der Waals surface area contributed by atoms with Crippen LogP contribution in [0, 0.1) is 0 Å². The largest absolute Gasteiger partial charge is 0.494 e. The van der Waals surface area contributed by atoms with Crippen LogP contribution in [-0.4, -0.2) is 23.8 Å². The Morgan fingerprint density at radius 3 is 2.67 bits per heavy atom. The molecule has 0 aromatic heterocycles. The molecule has 33 heavy (non-hydrogen) atoms. The van der Waals surface area contributed by atoms with Crippen molar-refractivity contribution in [3.63, 3.8) is 0 Å². The number of allylic oxidation sites excluding steroid dienone is 5. The summed E-state index contributed by atoms with van der Waals surface area (Å²) in [6.45, 7) is 4.46. The number of halogens is 1. The van der Waals surface area contributed by atoms with Gasteiger partial charge in [0.2, 0.25) is 0 Å². The average molecular weight is 469 g/mol. The van der Waals surface area contributed by atoms with Gasteiger partial charge in [-0.05, 0) is 74.3 Å². The fourth-order valence-corrected chi connectivity index (χ4v) is 3.54. The van der Waals surface area contributed by atoms with Crippen LogP contribution < -0.4 is 9.47 Å². The van der Waals surface area contributed by atoms with E-state index in [9.17, 15) is 4.79 Å². The number of hydrogen-bond acceptors (Lipinski definition) is 4. The molecular weight excluding hydrogens is 440 g/mol. The van der Waals surface area contributed by atoms with Gasteiger partial charge in [0.1, 0.15) is 11.5 Å². The minimum atomic E-state index is -0.788. The van der Waals surface area contributed by atoms with Crippen LogP contribution in [0.3, 0.4) is 0 Å². The lowest BCUT2D eigenvalue weighted by atomic mass is 10.0. The van der Waals surface area contributed by atoms with Gasteiger partial charge in [-0.1, -0.05) is 35.9 Å². The molecule has 0 radical (unpaired) electrons. The zero-order valence-electron chi connectivity index (χ0n) is 18.9. The van der Waals surface area contributed by atoms with E-state index >= 15 is 0 Å². The van der Waals surface area contributed by atoms with Crippen LogP contribution in [0.1, 0.15) is 39.5 Å². The molecule has 1 atom stereocenters. The van der Waals surface area contributed by atoms with Crippen molar-refractivity contribution in [2.24, 2.45) is 0 Å². The number of aliphatic carboxylic acids is 1. The molecule has 0 spiro atoms. The summed E-state index contributed by atoms with van der Waals surface area (Å²) in [4.78, 5) is 10.9. The number of rotatable bonds is 11. The second-order valence-corrected chi connectivity index (χ2v) is 8.30. The quantitative estimate of drug-likeness (QED) is 0.374. The van der Waals surface area contributed by atoms with Gasteiger partial charge in [0, 0.05) is 23.9 Å². The third kappa shape index (κ3) is 8.03. The molecule has 0 saturated heterocycles. The molecular formula is C27H29ClO5. The SMILES string of the molecule is CC1=CC(OCCC(C)Oc2ccc(Cl)cc2Oc2ccccc2)=CCC=C1CCC(=O)O. The summed E-state index contributed by atoms with van der Waals surface area (Å²) < 4.78 is 18.0. The molecule has 0 aliphatic heterocycles. The predicted molar refractivity (Wildman–Crippen MR) is 130 cm³/mol. The molecule has 0 heterocycles. The number of carboxylic acid groups (broad SMARTS) is 1. The topological polar surface area (TPSA) is 65.0 Å². The van der Waals surface area contributed by atoms with E-state index in [2.05, 4.69) is 6.08 Å². The Hall–Kier alpha value is -3.18. The lowest BCUT2D eigenvalue weighted by Crippen LogP contribution is -2.15. The first-order valence-corrected chi connectivity index (χ1v) is 11.4. The summed E-state index contributed by atoms with van der Waals surface area (Å²) in [5.41, 5.74) is 2.09. The fraction of sp³-hybridized carbons (Fsp3) is 0.296. The minimum absolute atomic E-state index is 0.106. The molecule has 1 N–H and O–H groups in total. The minimum Gasteiger partial charge on any atom is -0.494 e. The maximum absolute atomic E-state index is 10.9. The van der Waals surface area contributed by atoms with E-state index in [1.54, 1.807) is 12.1 Å². The summed E-state index contributed by atoms with van der Waals surface area (Å²) in [5.74, 6) is 1.89. The van der Waals surface area contributed by atoms with E-state index in [0.29, 0.717) is 41.7 Å². The van der Waals surface area contributed by atoms with Crippen LogP contribution in [-0.2, 0) is 9.53 Å². The van der Waals surface area contributed by atoms with Crippen LogP contribution in [0.2, 0.25) is 5.02 Å². The first-order chi connectivity index (χ1) is 15.9. The Labute approximate surface area is 199 Å². The van der Waals surface area contributed by atoms with Gasteiger partial charge in [0.25, 0.3) is 0 Å². The number of benzene rings is 2. The smallest absolute Gasteiger partial charge is 0.303 e. The highest BCUT2D eigenvalue weighted by Crippen LogP contribution is 2.35. The normalized spacial score (nSPS) is 14.3. The molecule has 174 valence electrons. The summed E-state index contributed by atoms with van der Waals surface area (Å²) in [7, 11) is 0. The van der Waals surface area contributed by atoms with Crippen LogP contribution in [0.15, 0.2) is 83.7 Å². The number of carbonyl (C=O) groups is 1. The Bertz CT molecular complexity index is 1040. The van der Waals surface area contributed by atoms with Gasteiger partial charge in [0.05, 0.1) is 12.7 Å². The fourth-order valence-electron chi connectivity index (χ4n) is 3.38. The Kier molecular flexibility index (Phi) is 9.02.